The Morgan fingerprint density at radius 3 is 2.62 bits per heavy atom. The number of methoxy groups -OCH3 is 1. The Bertz CT molecular complexity index is 1540. The van der Waals surface area contributed by atoms with Gasteiger partial charge in [-0.05, 0) is 56.0 Å². The summed E-state index contributed by atoms with van der Waals surface area (Å²) in [5.41, 5.74) is 2.66. The summed E-state index contributed by atoms with van der Waals surface area (Å²) in [6.07, 6.45) is -0.0939. The first-order valence-electron chi connectivity index (χ1n) is 12.8. The quantitative estimate of drug-likeness (QED) is 0.272. The van der Waals surface area contributed by atoms with E-state index < -0.39 is 36.9 Å². The summed E-state index contributed by atoms with van der Waals surface area (Å²) in [6, 6.07) is 6.71. The molecule has 0 spiro atoms. The number of amides is 1. The van der Waals surface area contributed by atoms with Crippen LogP contribution in [0.2, 0.25) is 0 Å². The second-order valence-corrected chi connectivity index (χ2v) is 9.87. The largest absolute Gasteiger partial charge is 0.390 e. The second kappa shape index (κ2) is 10.8. The summed E-state index contributed by atoms with van der Waals surface area (Å²) in [5, 5.41) is 10.1. The first-order chi connectivity index (χ1) is 19.0. The van der Waals surface area contributed by atoms with Crippen LogP contribution < -0.4 is 10.6 Å². The average molecular weight is 558 g/mol. The molecule has 2 aromatic heterocycles. The molecule has 210 valence electrons. The number of Topliss-reactive ketones (excluding diaryl/α,β-unsaturated/α-hetero) is 1. The minimum atomic E-state index is -4.38. The molecule has 0 radical (unpaired) electrons. The standard InChI is InChI=1S/C28H27F4N5O3/c1-15-11-16(3-7-19(15)27(39)35-18-5-6-18)23-14-34-26-22(33-10-9-28(30,31)32)13-21(36-37(23)26)25(38)17-4-8-24(40-2)20(29)12-17/h3-4,7,11-14,18,24,33H,5-6,8-10H2,1-2H3,(H,35,39). The van der Waals surface area contributed by atoms with Crippen LogP contribution in [-0.2, 0) is 4.74 Å². The number of ketones is 1. The van der Waals surface area contributed by atoms with Gasteiger partial charge in [0.2, 0.25) is 5.78 Å². The molecule has 0 saturated heterocycles. The molecule has 12 heteroatoms. The van der Waals surface area contributed by atoms with Crippen LogP contribution in [0.3, 0.4) is 0 Å². The highest BCUT2D eigenvalue weighted by molar-refractivity contribution is 6.10. The van der Waals surface area contributed by atoms with Crippen LogP contribution in [0.4, 0.5) is 23.2 Å². The summed E-state index contributed by atoms with van der Waals surface area (Å²) in [4.78, 5) is 30.3. The number of hydrogen-bond acceptors (Lipinski definition) is 6. The lowest BCUT2D eigenvalue weighted by atomic mass is 9.99. The lowest BCUT2D eigenvalue weighted by Crippen LogP contribution is -2.26. The highest BCUT2D eigenvalue weighted by Gasteiger charge is 2.28. The molecule has 40 heavy (non-hydrogen) atoms. The molecule has 2 N–H and O–H groups in total. The van der Waals surface area contributed by atoms with Gasteiger partial charge in [0.1, 0.15) is 17.6 Å². The minimum Gasteiger partial charge on any atom is -0.382 e. The van der Waals surface area contributed by atoms with Gasteiger partial charge in [-0.25, -0.2) is 13.9 Å². The molecule has 1 atom stereocenters. The third-order valence-corrected chi connectivity index (χ3v) is 6.80. The van der Waals surface area contributed by atoms with Gasteiger partial charge in [-0.15, -0.1) is 0 Å². The zero-order valence-corrected chi connectivity index (χ0v) is 21.8. The summed E-state index contributed by atoms with van der Waals surface area (Å²) in [6.45, 7) is 1.35. The Balaban J connectivity index is 1.53. The molecule has 1 unspecified atom stereocenters. The van der Waals surface area contributed by atoms with Gasteiger partial charge in [0.05, 0.1) is 24.0 Å². The van der Waals surface area contributed by atoms with Gasteiger partial charge in [-0.1, -0.05) is 12.1 Å². The topological polar surface area (TPSA) is 97.6 Å². The normalized spacial score (nSPS) is 17.4. The lowest BCUT2D eigenvalue weighted by Gasteiger charge is -2.17. The number of ether oxygens (including phenoxy) is 1. The Hall–Kier alpha value is -4.06. The molecule has 1 fully saturated rings. The highest BCUT2D eigenvalue weighted by atomic mass is 19.4. The third kappa shape index (κ3) is 5.91. The highest BCUT2D eigenvalue weighted by Crippen LogP contribution is 2.29. The fourth-order valence-corrected chi connectivity index (χ4v) is 4.48. The number of aromatic nitrogens is 3. The summed E-state index contributed by atoms with van der Waals surface area (Å²) < 4.78 is 59.3. The van der Waals surface area contributed by atoms with Gasteiger partial charge in [0, 0.05) is 36.4 Å². The molecule has 1 saturated carbocycles. The Labute approximate surface area is 227 Å². The van der Waals surface area contributed by atoms with Crippen molar-refractivity contribution in [2.45, 2.75) is 50.9 Å². The van der Waals surface area contributed by atoms with Gasteiger partial charge < -0.3 is 15.4 Å². The van der Waals surface area contributed by atoms with Crippen LogP contribution in [0.25, 0.3) is 16.9 Å². The summed E-state index contributed by atoms with van der Waals surface area (Å²) in [5.74, 6) is -1.38. The van der Waals surface area contributed by atoms with Crippen LogP contribution in [0.5, 0.6) is 0 Å². The second-order valence-electron chi connectivity index (χ2n) is 9.87. The number of benzene rings is 1. The van der Waals surface area contributed by atoms with Crippen molar-refractivity contribution in [3.05, 3.63) is 70.8 Å². The number of imidazole rings is 1. The fourth-order valence-electron chi connectivity index (χ4n) is 4.48. The molecule has 1 aromatic carbocycles. The Kier molecular flexibility index (Phi) is 7.45. The maximum atomic E-state index is 14.4. The van der Waals surface area contributed by atoms with Crippen LogP contribution in [0.15, 0.2) is 54.0 Å². The predicted molar refractivity (Wildman–Crippen MR) is 140 cm³/mol. The molecular weight excluding hydrogens is 530 g/mol. The summed E-state index contributed by atoms with van der Waals surface area (Å²) in [7, 11) is 1.36. The number of rotatable bonds is 9. The number of nitrogens with one attached hydrogen (secondary N) is 2. The van der Waals surface area contributed by atoms with E-state index in [0.717, 1.165) is 18.9 Å². The number of alkyl halides is 3. The number of nitrogens with zero attached hydrogens (tertiary/aromatic N) is 3. The van der Waals surface area contributed by atoms with Crippen molar-refractivity contribution < 1.29 is 31.9 Å². The zero-order chi connectivity index (χ0) is 28.6. The van der Waals surface area contributed by atoms with Crippen LogP contribution >= 0.6 is 0 Å². The van der Waals surface area contributed by atoms with Crippen molar-refractivity contribution in [2.24, 2.45) is 0 Å². The minimum absolute atomic E-state index is 0.0578. The monoisotopic (exact) mass is 557 g/mol. The number of fused-ring (bicyclic) bond motifs is 1. The average Bonchev–Trinajstić information content (AvgIpc) is 3.61. The van der Waals surface area contributed by atoms with Gasteiger partial charge >= 0.3 is 6.18 Å². The van der Waals surface area contributed by atoms with Crippen LogP contribution in [0, 0.1) is 6.92 Å². The van der Waals surface area contributed by atoms with Gasteiger partial charge in [0.15, 0.2) is 5.65 Å². The number of allylic oxidation sites excluding steroid dienone is 2. The number of aryl methyl sites for hydroxylation is 1. The number of anilines is 1. The molecule has 3 aromatic rings. The van der Waals surface area contributed by atoms with E-state index >= 15 is 0 Å². The summed E-state index contributed by atoms with van der Waals surface area (Å²) >= 11 is 0. The van der Waals surface area contributed by atoms with Crippen molar-refractivity contribution >= 4 is 23.0 Å². The van der Waals surface area contributed by atoms with Crippen molar-refractivity contribution in [3.63, 3.8) is 0 Å². The molecule has 8 nitrogen and oxygen atoms in total. The Morgan fingerprint density at radius 1 is 1.20 bits per heavy atom. The maximum absolute atomic E-state index is 14.4. The van der Waals surface area contributed by atoms with Crippen LogP contribution in [0.1, 0.15) is 52.1 Å². The van der Waals surface area contributed by atoms with Gasteiger partial charge in [-0.3, -0.25) is 9.59 Å². The number of hydrogen-bond donors (Lipinski definition) is 2. The molecule has 0 aliphatic heterocycles. The Morgan fingerprint density at radius 2 is 1.98 bits per heavy atom. The molecule has 0 bridgehead atoms. The predicted octanol–water partition coefficient (Wildman–Crippen LogP) is 5.34. The van der Waals surface area contributed by atoms with Crippen molar-refractivity contribution in [3.8, 4) is 11.3 Å². The van der Waals surface area contributed by atoms with E-state index in [0.29, 0.717) is 22.4 Å². The van der Waals surface area contributed by atoms with E-state index in [9.17, 15) is 27.2 Å². The molecular formula is C28H27F4N5O3. The van der Waals surface area contributed by atoms with E-state index in [2.05, 4.69) is 20.7 Å². The van der Waals surface area contributed by atoms with Crippen LogP contribution in [-0.4, -0.2) is 58.3 Å². The van der Waals surface area contributed by atoms with Crippen molar-refractivity contribution in [1.82, 2.24) is 19.9 Å². The molecule has 2 aliphatic carbocycles. The molecule has 2 heterocycles. The number of halogens is 4. The van der Waals surface area contributed by atoms with E-state index in [1.165, 1.54) is 30.0 Å². The maximum Gasteiger partial charge on any atom is 0.390 e. The molecule has 1 amide bonds. The van der Waals surface area contributed by atoms with E-state index in [4.69, 9.17) is 4.74 Å². The van der Waals surface area contributed by atoms with Crippen molar-refractivity contribution in [2.75, 3.05) is 19.0 Å². The first kappa shape index (κ1) is 27.5. The SMILES string of the molecule is COC1CC=C(C(=O)c2cc(NCCC(F)(F)F)c3ncc(-c4ccc(C(=O)NC5CC5)c(C)c4)n3n2)C=C1F. The third-order valence-electron chi connectivity index (χ3n) is 6.80. The smallest absolute Gasteiger partial charge is 0.382 e. The van der Waals surface area contributed by atoms with E-state index in [1.54, 1.807) is 25.1 Å². The lowest BCUT2D eigenvalue weighted by molar-refractivity contribution is -0.131. The van der Waals surface area contributed by atoms with Gasteiger partial charge in [0.25, 0.3) is 5.91 Å². The first-order valence-corrected chi connectivity index (χ1v) is 12.8. The van der Waals surface area contributed by atoms with E-state index in [-0.39, 0.29) is 41.0 Å². The van der Waals surface area contributed by atoms with Gasteiger partial charge in [-0.2, -0.15) is 18.3 Å². The van der Waals surface area contributed by atoms with Crippen molar-refractivity contribution in [1.29, 1.82) is 0 Å². The molecule has 2 aliphatic rings. The number of carbonyl (C=O) groups is 2. The van der Waals surface area contributed by atoms with E-state index in [1.807, 2.05) is 0 Å². The zero-order valence-electron chi connectivity index (χ0n) is 21.8. The fraction of sp³-hybridized carbons (Fsp3) is 0.357. The number of carbonyl (C=O) groups excluding carboxylic acids is 2. The molecule has 5 rings (SSSR count).